The zero-order valence-electron chi connectivity index (χ0n) is 14.5. The molecule has 0 bridgehead atoms. The summed E-state index contributed by atoms with van der Waals surface area (Å²) in [6.07, 6.45) is 0.841. The third-order valence-electron chi connectivity index (χ3n) is 4.12. The first-order chi connectivity index (χ1) is 12.5. The number of nitrogens with two attached hydrogens (primary N) is 1. The number of hydrogen-bond acceptors (Lipinski definition) is 4. The molecule has 0 atom stereocenters. The molecular formula is C20H20BrN3O2. The molecule has 26 heavy (non-hydrogen) atoms. The molecule has 0 saturated carbocycles. The maximum atomic E-state index is 11.2. The lowest BCUT2D eigenvalue weighted by molar-refractivity contribution is -0.117. The Morgan fingerprint density at radius 3 is 2.65 bits per heavy atom. The molecule has 0 aliphatic carbocycles. The lowest BCUT2D eigenvalue weighted by atomic mass is 10.1. The van der Waals surface area contributed by atoms with Gasteiger partial charge in [0.05, 0.1) is 12.6 Å². The number of aromatic nitrogens is 1. The second kappa shape index (κ2) is 8.19. The van der Waals surface area contributed by atoms with Gasteiger partial charge in [0.2, 0.25) is 5.91 Å². The van der Waals surface area contributed by atoms with Crippen LogP contribution < -0.4 is 15.8 Å². The van der Waals surface area contributed by atoms with E-state index in [1.807, 2.05) is 42.5 Å². The average molecular weight is 414 g/mol. The smallest absolute Gasteiger partial charge is 0.217 e. The second-order valence-corrected chi connectivity index (χ2v) is 6.92. The first kappa shape index (κ1) is 18.2. The molecule has 134 valence electrons. The van der Waals surface area contributed by atoms with Crippen molar-refractivity contribution in [1.82, 2.24) is 4.98 Å². The minimum atomic E-state index is -0.319. The molecule has 3 N–H and O–H groups in total. The normalized spacial score (nSPS) is 10.7. The lowest BCUT2D eigenvalue weighted by Gasteiger charge is -2.13. The number of hydrogen-bond donors (Lipinski definition) is 2. The summed E-state index contributed by atoms with van der Waals surface area (Å²) in [5, 5.41) is 4.40. The Balaban J connectivity index is 1.86. The average Bonchev–Trinajstić information content (AvgIpc) is 2.64. The van der Waals surface area contributed by atoms with Crippen molar-refractivity contribution in [2.24, 2.45) is 5.73 Å². The van der Waals surface area contributed by atoms with Crippen molar-refractivity contribution in [1.29, 1.82) is 0 Å². The van der Waals surface area contributed by atoms with Crippen molar-refractivity contribution in [3.05, 3.63) is 64.1 Å². The highest BCUT2D eigenvalue weighted by molar-refractivity contribution is 9.10. The molecule has 6 heteroatoms. The number of aryl methyl sites for hydroxylation is 1. The highest BCUT2D eigenvalue weighted by Gasteiger charge is 2.09. The van der Waals surface area contributed by atoms with E-state index in [0.717, 1.165) is 38.1 Å². The van der Waals surface area contributed by atoms with Gasteiger partial charge in [-0.1, -0.05) is 28.1 Å². The minimum Gasteiger partial charge on any atom is -0.497 e. The van der Waals surface area contributed by atoms with Gasteiger partial charge < -0.3 is 15.8 Å². The Hall–Kier alpha value is -2.60. The fraction of sp³-hybridized carbons (Fsp3) is 0.200. The number of amides is 1. The standard InChI is InChI=1S/C20H20BrN3O2/c1-26-17-6-2-13(3-7-17)12-23-20-14(4-9-19(22)25)10-15-11-16(21)5-8-18(15)24-20/h2-3,5-8,10-11H,4,9,12H2,1H3,(H2,22,25)(H,23,24). The highest BCUT2D eigenvalue weighted by Crippen LogP contribution is 2.25. The first-order valence-corrected chi connectivity index (χ1v) is 9.09. The summed E-state index contributed by atoms with van der Waals surface area (Å²) in [6, 6.07) is 15.9. The van der Waals surface area contributed by atoms with Crippen LogP contribution in [-0.4, -0.2) is 18.0 Å². The van der Waals surface area contributed by atoms with Crippen LogP contribution in [0.4, 0.5) is 5.82 Å². The molecular weight excluding hydrogens is 394 g/mol. The zero-order chi connectivity index (χ0) is 18.5. The molecule has 1 heterocycles. The van der Waals surface area contributed by atoms with Gasteiger partial charge in [-0.25, -0.2) is 4.98 Å². The molecule has 5 nitrogen and oxygen atoms in total. The van der Waals surface area contributed by atoms with Crippen molar-refractivity contribution in [3.63, 3.8) is 0 Å². The third kappa shape index (κ3) is 4.52. The molecule has 2 aromatic carbocycles. The van der Waals surface area contributed by atoms with E-state index in [1.165, 1.54) is 0 Å². The quantitative estimate of drug-likeness (QED) is 0.612. The van der Waals surface area contributed by atoms with Gasteiger partial charge in [0.25, 0.3) is 0 Å². The summed E-state index contributed by atoms with van der Waals surface area (Å²) < 4.78 is 6.18. The second-order valence-electron chi connectivity index (χ2n) is 6.00. The van der Waals surface area contributed by atoms with E-state index in [-0.39, 0.29) is 5.91 Å². The molecule has 3 aromatic rings. The minimum absolute atomic E-state index is 0.290. The van der Waals surface area contributed by atoms with Crippen LogP contribution in [0.25, 0.3) is 10.9 Å². The largest absolute Gasteiger partial charge is 0.497 e. The Labute approximate surface area is 160 Å². The number of fused-ring (bicyclic) bond motifs is 1. The van der Waals surface area contributed by atoms with Crippen LogP contribution in [-0.2, 0) is 17.8 Å². The Morgan fingerprint density at radius 1 is 1.19 bits per heavy atom. The number of methoxy groups -OCH3 is 1. The molecule has 0 aliphatic rings. The number of nitrogens with one attached hydrogen (secondary N) is 1. The van der Waals surface area contributed by atoms with E-state index < -0.39 is 0 Å². The van der Waals surface area contributed by atoms with Crippen LogP contribution in [0, 0.1) is 0 Å². The van der Waals surface area contributed by atoms with E-state index in [0.29, 0.717) is 19.4 Å². The summed E-state index contributed by atoms with van der Waals surface area (Å²) in [7, 11) is 1.65. The van der Waals surface area contributed by atoms with Gasteiger partial charge in [-0.3, -0.25) is 4.79 Å². The predicted molar refractivity (Wildman–Crippen MR) is 107 cm³/mol. The number of primary amides is 1. The molecule has 0 aliphatic heterocycles. The summed E-state index contributed by atoms with van der Waals surface area (Å²) in [5.41, 5.74) is 8.31. The van der Waals surface area contributed by atoms with Gasteiger partial charge in [-0.15, -0.1) is 0 Å². The molecule has 0 fully saturated rings. The predicted octanol–water partition coefficient (Wildman–Crippen LogP) is 4.04. The van der Waals surface area contributed by atoms with Gasteiger partial charge in [0.1, 0.15) is 11.6 Å². The Kier molecular flexibility index (Phi) is 5.73. The summed E-state index contributed by atoms with van der Waals surface area (Å²) in [4.78, 5) is 15.9. The van der Waals surface area contributed by atoms with Crippen molar-refractivity contribution in [3.8, 4) is 5.75 Å². The van der Waals surface area contributed by atoms with Gasteiger partial charge in [0.15, 0.2) is 0 Å². The molecule has 1 aromatic heterocycles. The highest BCUT2D eigenvalue weighted by atomic mass is 79.9. The third-order valence-corrected chi connectivity index (χ3v) is 4.61. The van der Waals surface area contributed by atoms with Crippen LogP contribution in [0.5, 0.6) is 5.75 Å². The maximum Gasteiger partial charge on any atom is 0.217 e. The van der Waals surface area contributed by atoms with Crippen LogP contribution >= 0.6 is 15.9 Å². The molecule has 0 radical (unpaired) electrons. The number of halogens is 1. The van der Waals surface area contributed by atoms with E-state index in [9.17, 15) is 4.79 Å². The molecule has 0 spiro atoms. The number of anilines is 1. The Morgan fingerprint density at radius 2 is 1.96 bits per heavy atom. The maximum absolute atomic E-state index is 11.2. The van der Waals surface area contributed by atoms with Crippen LogP contribution in [0.1, 0.15) is 17.5 Å². The summed E-state index contributed by atoms with van der Waals surface area (Å²) >= 11 is 3.48. The fourth-order valence-electron chi connectivity index (χ4n) is 2.72. The molecule has 3 rings (SSSR count). The number of carbonyl (C=O) groups is 1. The van der Waals surface area contributed by atoms with E-state index in [4.69, 9.17) is 15.5 Å². The van der Waals surface area contributed by atoms with Crippen molar-refractivity contribution < 1.29 is 9.53 Å². The van der Waals surface area contributed by atoms with E-state index in [1.54, 1.807) is 7.11 Å². The summed E-state index contributed by atoms with van der Waals surface area (Å²) in [5.74, 6) is 1.28. The van der Waals surface area contributed by atoms with Gasteiger partial charge >= 0.3 is 0 Å². The number of pyridine rings is 1. The van der Waals surface area contributed by atoms with Crippen LogP contribution in [0.2, 0.25) is 0 Å². The van der Waals surface area contributed by atoms with Crippen molar-refractivity contribution in [2.75, 3.05) is 12.4 Å². The van der Waals surface area contributed by atoms with Crippen LogP contribution in [0.15, 0.2) is 53.0 Å². The topological polar surface area (TPSA) is 77.2 Å². The lowest BCUT2D eigenvalue weighted by Crippen LogP contribution is -2.12. The molecule has 1 amide bonds. The number of carbonyl (C=O) groups excluding carboxylic acids is 1. The van der Waals surface area contributed by atoms with Crippen molar-refractivity contribution >= 4 is 38.6 Å². The van der Waals surface area contributed by atoms with E-state index in [2.05, 4.69) is 27.3 Å². The fourth-order valence-corrected chi connectivity index (χ4v) is 3.10. The SMILES string of the molecule is COc1ccc(CNc2nc3ccc(Br)cc3cc2CCC(N)=O)cc1. The van der Waals surface area contributed by atoms with E-state index >= 15 is 0 Å². The zero-order valence-corrected chi connectivity index (χ0v) is 16.0. The van der Waals surface area contributed by atoms with Crippen molar-refractivity contribution in [2.45, 2.75) is 19.4 Å². The Bertz CT molecular complexity index is 926. The first-order valence-electron chi connectivity index (χ1n) is 8.29. The summed E-state index contributed by atoms with van der Waals surface area (Å²) in [6.45, 7) is 0.628. The van der Waals surface area contributed by atoms with Crippen LogP contribution in [0.3, 0.4) is 0 Å². The number of ether oxygens (including phenoxy) is 1. The molecule has 0 unspecified atom stereocenters. The number of nitrogens with zero attached hydrogens (tertiary/aromatic N) is 1. The van der Waals surface area contributed by atoms with Gasteiger partial charge in [0, 0.05) is 22.8 Å². The van der Waals surface area contributed by atoms with Gasteiger partial charge in [-0.05, 0) is 53.9 Å². The number of benzene rings is 2. The van der Waals surface area contributed by atoms with Gasteiger partial charge in [-0.2, -0.15) is 0 Å². The molecule has 0 saturated heterocycles. The number of rotatable bonds is 7. The monoisotopic (exact) mass is 413 g/mol.